The third kappa shape index (κ3) is 3.06. The van der Waals surface area contributed by atoms with E-state index in [1.54, 1.807) is 0 Å². The minimum atomic E-state index is -0.0412. The Kier molecular flexibility index (Phi) is 4.45. The van der Waals surface area contributed by atoms with Crippen LogP contribution in [0.1, 0.15) is 56.1 Å². The minimum Gasteiger partial charge on any atom is -0.457 e. The van der Waals surface area contributed by atoms with E-state index in [-0.39, 0.29) is 5.41 Å². The number of hydrogen-bond acceptors (Lipinski definition) is 3. The largest absolute Gasteiger partial charge is 0.457 e. The van der Waals surface area contributed by atoms with Crippen molar-refractivity contribution in [3.8, 4) is 11.5 Å². The molecule has 3 aliphatic rings. The van der Waals surface area contributed by atoms with Crippen LogP contribution in [0.25, 0.3) is 0 Å². The Morgan fingerprint density at radius 3 is 2.48 bits per heavy atom. The number of aryl methyl sites for hydroxylation is 1. The summed E-state index contributed by atoms with van der Waals surface area (Å²) in [5, 5.41) is 0. The molecular weight excluding hydrogens is 358 g/mol. The smallest absolute Gasteiger partial charge is 0.139 e. The van der Waals surface area contributed by atoms with Gasteiger partial charge >= 0.3 is 0 Å². The highest BCUT2D eigenvalue weighted by molar-refractivity contribution is 5.87. The highest BCUT2D eigenvalue weighted by Gasteiger charge is 2.54. The second-order valence-corrected chi connectivity index (χ2v) is 9.68. The number of rotatable bonds is 3. The monoisotopic (exact) mass is 389 g/mol. The molecule has 2 aromatic rings. The maximum absolute atomic E-state index is 12.5. The summed E-state index contributed by atoms with van der Waals surface area (Å²) in [6.07, 6.45) is 6.45. The molecule has 2 aromatic carbocycles. The summed E-state index contributed by atoms with van der Waals surface area (Å²) in [4.78, 5) is 14.6. The fourth-order valence-corrected chi connectivity index (χ4v) is 6.34. The molecule has 0 amide bonds. The van der Waals surface area contributed by atoms with Gasteiger partial charge in [-0.1, -0.05) is 13.0 Å². The number of anilines is 1. The van der Waals surface area contributed by atoms with Crippen molar-refractivity contribution in [2.45, 2.75) is 51.4 Å². The number of benzene rings is 2. The average molecular weight is 390 g/mol. The van der Waals surface area contributed by atoms with Crippen LogP contribution in [-0.2, 0) is 11.2 Å². The van der Waals surface area contributed by atoms with Crippen LogP contribution >= 0.6 is 0 Å². The van der Waals surface area contributed by atoms with Crippen LogP contribution in [0.4, 0.5) is 5.69 Å². The third-order valence-corrected chi connectivity index (χ3v) is 8.00. The predicted molar refractivity (Wildman–Crippen MR) is 117 cm³/mol. The van der Waals surface area contributed by atoms with Crippen molar-refractivity contribution in [3.05, 3.63) is 53.6 Å². The van der Waals surface area contributed by atoms with E-state index in [1.165, 1.54) is 23.2 Å². The molecule has 3 nitrogen and oxygen atoms in total. The molecule has 0 heterocycles. The Hall–Kier alpha value is -2.29. The molecule has 0 saturated heterocycles. The van der Waals surface area contributed by atoms with Crippen LogP contribution < -0.4 is 9.64 Å². The molecule has 0 N–H and O–H groups in total. The van der Waals surface area contributed by atoms with E-state index in [2.05, 4.69) is 42.2 Å². The zero-order chi connectivity index (χ0) is 20.2. The van der Waals surface area contributed by atoms with Gasteiger partial charge in [0.15, 0.2) is 0 Å². The lowest BCUT2D eigenvalue weighted by molar-refractivity contribution is -0.129. The van der Waals surface area contributed by atoms with Crippen molar-refractivity contribution in [1.82, 2.24) is 0 Å². The Labute approximate surface area is 174 Å². The van der Waals surface area contributed by atoms with E-state index in [1.807, 2.05) is 26.2 Å². The molecule has 0 bridgehead atoms. The number of hydrogen-bond donors (Lipinski definition) is 0. The molecule has 152 valence electrons. The van der Waals surface area contributed by atoms with E-state index in [0.717, 1.165) is 43.6 Å². The molecule has 2 fully saturated rings. The molecule has 4 atom stereocenters. The standard InChI is InChI=1S/C26H31NO2/c1-26-15-14-22-21-11-9-20(29-19-7-5-18(6-8-19)27(2)3)16-17(21)4-10-23(22)24(26)12-13-25(26)28/h5-9,11,16,22-24H,4,10,12-15H2,1-3H3/t22-,23-,24-,26-/m0/s1. The number of carbonyl (C=O) groups excluding carboxylic acids is 1. The summed E-state index contributed by atoms with van der Waals surface area (Å²) < 4.78 is 6.15. The Balaban J connectivity index is 1.36. The van der Waals surface area contributed by atoms with Crippen molar-refractivity contribution in [2.75, 3.05) is 19.0 Å². The highest BCUT2D eigenvalue weighted by Crippen LogP contribution is 2.59. The van der Waals surface area contributed by atoms with Crippen LogP contribution in [-0.4, -0.2) is 19.9 Å². The summed E-state index contributed by atoms with van der Waals surface area (Å²) in [7, 11) is 4.09. The molecule has 29 heavy (non-hydrogen) atoms. The van der Waals surface area contributed by atoms with Gasteiger partial charge in [-0.05, 0) is 97.4 Å². The number of Topliss-reactive ketones (excluding diaryl/α,β-unsaturated/α-hetero) is 1. The van der Waals surface area contributed by atoms with Crippen LogP contribution in [0.15, 0.2) is 42.5 Å². The van der Waals surface area contributed by atoms with Crippen molar-refractivity contribution < 1.29 is 9.53 Å². The van der Waals surface area contributed by atoms with Crippen molar-refractivity contribution in [2.24, 2.45) is 17.3 Å². The zero-order valence-corrected chi connectivity index (χ0v) is 17.8. The Morgan fingerprint density at radius 2 is 1.72 bits per heavy atom. The van der Waals surface area contributed by atoms with Gasteiger partial charge in [0.2, 0.25) is 0 Å². The minimum absolute atomic E-state index is 0.0412. The first-order valence-electron chi connectivity index (χ1n) is 11.1. The number of fused-ring (bicyclic) bond motifs is 5. The molecule has 2 saturated carbocycles. The summed E-state index contributed by atoms with van der Waals surface area (Å²) in [6, 6.07) is 14.9. The lowest BCUT2D eigenvalue weighted by atomic mass is 9.55. The molecule has 3 heteroatoms. The molecule has 3 aliphatic carbocycles. The second kappa shape index (κ2) is 6.90. The molecule has 0 spiro atoms. The molecule has 0 aliphatic heterocycles. The second-order valence-electron chi connectivity index (χ2n) is 9.68. The van der Waals surface area contributed by atoms with Gasteiger partial charge in [0.25, 0.3) is 0 Å². The Bertz CT molecular complexity index is 932. The molecule has 0 aromatic heterocycles. The summed E-state index contributed by atoms with van der Waals surface area (Å²) in [5.74, 6) is 4.22. The van der Waals surface area contributed by atoms with Crippen LogP contribution in [0.3, 0.4) is 0 Å². The number of nitrogens with zero attached hydrogens (tertiary/aromatic N) is 1. The van der Waals surface area contributed by atoms with Crippen molar-refractivity contribution in [1.29, 1.82) is 0 Å². The van der Waals surface area contributed by atoms with Crippen LogP contribution in [0.2, 0.25) is 0 Å². The molecule has 0 radical (unpaired) electrons. The molecule has 5 rings (SSSR count). The highest BCUT2D eigenvalue weighted by atomic mass is 16.5. The number of ketones is 1. The average Bonchev–Trinajstić information content (AvgIpc) is 3.03. The first-order valence-corrected chi connectivity index (χ1v) is 11.1. The van der Waals surface area contributed by atoms with Gasteiger partial charge in [-0.3, -0.25) is 4.79 Å². The van der Waals surface area contributed by atoms with Gasteiger partial charge in [0, 0.05) is 31.6 Å². The van der Waals surface area contributed by atoms with E-state index in [4.69, 9.17) is 4.74 Å². The fraction of sp³-hybridized carbons (Fsp3) is 0.500. The van der Waals surface area contributed by atoms with Crippen LogP contribution in [0, 0.1) is 17.3 Å². The van der Waals surface area contributed by atoms with Gasteiger partial charge < -0.3 is 9.64 Å². The summed E-state index contributed by atoms with van der Waals surface area (Å²) in [6.45, 7) is 2.25. The van der Waals surface area contributed by atoms with Gasteiger partial charge in [-0.15, -0.1) is 0 Å². The van der Waals surface area contributed by atoms with Gasteiger partial charge in [0.1, 0.15) is 17.3 Å². The normalized spacial score (nSPS) is 30.3. The van der Waals surface area contributed by atoms with Crippen LogP contribution in [0.5, 0.6) is 11.5 Å². The number of carbonyl (C=O) groups is 1. The van der Waals surface area contributed by atoms with E-state index in [0.29, 0.717) is 23.5 Å². The predicted octanol–water partition coefficient (Wildman–Crippen LogP) is 5.97. The first-order chi connectivity index (χ1) is 14.0. The topological polar surface area (TPSA) is 29.5 Å². The maximum atomic E-state index is 12.5. The van der Waals surface area contributed by atoms with Crippen molar-refractivity contribution in [3.63, 3.8) is 0 Å². The quantitative estimate of drug-likeness (QED) is 0.648. The fourth-order valence-electron chi connectivity index (χ4n) is 6.34. The van der Waals surface area contributed by atoms with Gasteiger partial charge in [0.05, 0.1) is 0 Å². The van der Waals surface area contributed by atoms with Crippen molar-refractivity contribution >= 4 is 11.5 Å². The summed E-state index contributed by atoms with van der Waals surface area (Å²) in [5.41, 5.74) is 4.09. The molecular formula is C26H31NO2. The lowest BCUT2D eigenvalue weighted by Crippen LogP contribution is -2.42. The summed E-state index contributed by atoms with van der Waals surface area (Å²) >= 11 is 0. The van der Waals surface area contributed by atoms with E-state index < -0.39 is 0 Å². The first kappa shape index (κ1) is 18.7. The lowest BCUT2D eigenvalue weighted by Gasteiger charge is -2.48. The zero-order valence-electron chi connectivity index (χ0n) is 17.8. The van der Waals surface area contributed by atoms with E-state index in [9.17, 15) is 4.79 Å². The van der Waals surface area contributed by atoms with Gasteiger partial charge in [-0.25, -0.2) is 0 Å². The third-order valence-electron chi connectivity index (χ3n) is 8.00. The van der Waals surface area contributed by atoms with E-state index >= 15 is 0 Å². The SMILES string of the molecule is CN(C)c1ccc(Oc2ccc3c(c2)CC[C@H]2[C@H]3CC[C@]3(C)C(=O)CC[C@@H]23)cc1. The molecule has 0 unspecified atom stereocenters. The van der Waals surface area contributed by atoms with Gasteiger partial charge in [-0.2, -0.15) is 0 Å². The number of ether oxygens (including phenoxy) is 1. The Morgan fingerprint density at radius 1 is 0.966 bits per heavy atom. The maximum Gasteiger partial charge on any atom is 0.139 e.